The second-order valence-electron chi connectivity index (χ2n) is 5.64. The Morgan fingerprint density at radius 2 is 2.12 bits per heavy atom. The fourth-order valence-electron chi connectivity index (χ4n) is 2.81. The Hall–Kier alpha value is -2.86. The van der Waals surface area contributed by atoms with Crippen molar-refractivity contribution in [2.24, 2.45) is 0 Å². The second-order valence-corrected chi connectivity index (χ2v) is 6.59. The molecule has 0 bridgehead atoms. The number of H-pyrrole nitrogens is 1. The average molecular weight is 348 g/mol. The zero-order valence-corrected chi connectivity index (χ0v) is 14.3. The minimum absolute atomic E-state index is 0.0743. The predicted octanol–water partition coefficient (Wildman–Crippen LogP) is 3.75. The van der Waals surface area contributed by atoms with Crippen LogP contribution < -0.4 is 5.56 Å². The van der Waals surface area contributed by atoms with Gasteiger partial charge in [-0.2, -0.15) is 0 Å². The molecule has 124 valence electrons. The van der Waals surface area contributed by atoms with Crippen molar-refractivity contribution in [1.29, 1.82) is 0 Å². The van der Waals surface area contributed by atoms with Crippen LogP contribution in [0.1, 0.15) is 5.56 Å². The summed E-state index contributed by atoms with van der Waals surface area (Å²) < 4.78 is 1.66. The van der Waals surface area contributed by atoms with E-state index in [2.05, 4.69) is 16.5 Å². The summed E-state index contributed by atoms with van der Waals surface area (Å²) in [6.07, 6.45) is 5.29. The van der Waals surface area contributed by atoms with E-state index in [1.165, 1.54) is 11.8 Å². The summed E-state index contributed by atoms with van der Waals surface area (Å²) in [6, 6.07) is 11.8. The summed E-state index contributed by atoms with van der Waals surface area (Å²) in [5.41, 5.74) is 3.19. The lowest BCUT2D eigenvalue weighted by Crippen LogP contribution is -2.22. The first-order valence-electron chi connectivity index (χ1n) is 7.92. The number of allylic oxidation sites excluding steroid dienone is 1. The van der Waals surface area contributed by atoms with Gasteiger partial charge in [0.2, 0.25) is 0 Å². The molecule has 0 aliphatic carbocycles. The van der Waals surface area contributed by atoms with Crippen molar-refractivity contribution in [1.82, 2.24) is 19.5 Å². The number of hydrogen-bond donors (Lipinski definition) is 1. The maximum absolute atomic E-state index is 12.9. The average Bonchev–Trinajstić information content (AvgIpc) is 3.02. The number of benzene rings is 1. The molecule has 0 atom stereocenters. The van der Waals surface area contributed by atoms with Crippen LogP contribution in [0.5, 0.6) is 0 Å². The largest absolute Gasteiger partial charge is 0.349 e. The number of para-hydroxylation sites is 1. The lowest BCUT2D eigenvalue weighted by molar-refractivity contribution is 0.671. The van der Waals surface area contributed by atoms with Gasteiger partial charge in [-0.1, -0.05) is 42.1 Å². The molecule has 1 aromatic carbocycles. The van der Waals surface area contributed by atoms with Crippen molar-refractivity contribution < 1.29 is 0 Å². The molecule has 0 radical (unpaired) electrons. The van der Waals surface area contributed by atoms with Gasteiger partial charge in [0.05, 0.1) is 0 Å². The molecule has 3 heterocycles. The van der Waals surface area contributed by atoms with Gasteiger partial charge in [-0.3, -0.25) is 14.3 Å². The highest BCUT2D eigenvalue weighted by atomic mass is 32.2. The third kappa shape index (κ3) is 2.85. The number of hydrogen-bond acceptors (Lipinski definition) is 4. The van der Waals surface area contributed by atoms with Gasteiger partial charge >= 0.3 is 0 Å². The van der Waals surface area contributed by atoms with Gasteiger partial charge in [0, 0.05) is 35.6 Å². The Labute approximate surface area is 148 Å². The van der Waals surface area contributed by atoms with Crippen LogP contribution >= 0.6 is 11.8 Å². The van der Waals surface area contributed by atoms with Crippen molar-refractivity contribution >= 4 is 33.7 Å². The number of aromatic nitrogens is 4. The van der Waals surface area contributed by atoms with E-state index in [0.717, 1.165) is 22.0 Å². The first-order chi connectivity index (χ1) is 12.3. The van der Waals surface area contributed by atoms with Crippen LogP contribution in [0, 0.1) is 0 Å². The monoisotopic (exact) mass is 348 g/mol. The SMILES string of the molecule is C=CCn1c(SCc2cccnc2)nc2c([nH]c3ccccc32)c1=O. The third-order valence-corrected chi connectivity index (χ3v) is 5.03. The highest BCUT2D eigenvalue weighted by Gasteiger charge is 2.15. The number of fused-ring (bicyclic) bond motifs is 3. The van der Waals surface area contributed by atoms with Gasteiger partial charge in [-0.05, 0) is 17.7 Å². The summed E-state index contributed by atoms with van der Waals surface area (Å²) >= 11 is 1.53. The Morgan fingerprint density at radius 1 is 1.24 bits per heavy atom. The van der Waals surface area contributed by atoms with E-state index in [4.69, 9.17) is 4.98 Å². The summed E-state index contributed by atoms with van der Waals surface area (Å²) in [7, 11) is 0. The zero-order valence-electron chi connectivity index (χ0n) is 13.5. The summed E-state index contributed by atoms with van der Waals surface area (Å²) in [6.45, 7) is 4.19. The molecule has 0 saturated heterocycles. The van der Waals surface area contributed by atoms with Crippen LogP contribution in [0.4, 0.5) is 0 Å². The number of thioether (sulfide) groups is 1. The zero-order chi connectivity index (χ0) is 17.2. The standard InChI is InChI=1S/C19H16N4OS/c1-2-10-23-18(24)17-16(14-7-3-4-8-15(14)21-17)22-19(23)25-12-13-6-5-9-20-11-13/h2-9,11,21H,1,10,12H2. The van der Waals surface area contributed by atoms with Crippen LogP contribution in [0.15, 0.2) is 71.4 Å². The molecule has 0 fully saturated rings. The number of nitrogens with one attached hydrogen (secondary N) is 1. The van der Waals surface area contributed by atoms with Gasteiger partial charge in [0.1, 0.15) is 11.0 Å². The van der Waals surface area contributed by atoms with Gasteiger partial charge < -0.3 is 4.98 Å². The highest BCUT2D eigenvalue weighted by molar-refractivity contribution is 7.98. The molecule has 0 saturated carbocycles. The fraction of sp³-hybridized carbons (Fsp3) is 0.105. The molecule has 3 aromatic heterocycles. The quantitative estimate of drug-likeness (QED) is 0.339. The number of nitrogens with zero attached hydrogens (tertiary/aromatic N) is 3. The van der Waals surface area contributed by atoms with Gasteiger partial charge in [0.25, 0.3) is 5.56 Å². The Morgan fingerprint density at radius 3 is 2.92 bits per heavy atom. The molecule has 6 heteroatoms. The lowest BCUT2D eigenvalue weighted by atomic mass is 10.2. The molecule has 0 spiro atoms. The maximum atomic E-state index is 12.9. The molecule has 0 unspecified atom stereocenters. The molecular weight excluding hydrogens is 332 g/mol. The number of aromatic amines is 1. The molecule has 4 rings (SSSR count). The molecule has 1 N–H and O–H groups in total. The van der Waals surface area contributed by atoms with E-state index in [-0.39, 0.29) is 5.56 Å². The van der Waals surface area contributed by atoms with Crippen molar-refractivity contribution in [2.45, 2.75) is 17.5 Å². The Kier molecular flexibility index (Phi) is 4.11. The topological polar surface area (TPSA) is 63.6 Å². The van der Waals surface area contributed by atoms with E-state index in [1.807, 2.05) is 42.6 Å². The van der Waals surface area contributed by atoms with Crippen LogP contribution in [-0.4, -0.2) is 19.5 Å². The highest BCUT2D eigenvalue weighted by Crippen LogP contribution is 2.26. The van der Waals surface area contributed by atoms with Crippen molar-refractivity contribution in [3.05, 3.63) is 77.4 Å². The predicted molar refractivity (Wildman–Crippen MR) is 102 cm³/mol. The van der Waals surface area contributed by atoms with Gasteiger partial charge in [0.15, 0.2) is 5.16 Å². The normalized spacial score (nSPS) is 11.2. The molecule has 4 aromatic rings. The van der Waals surface area contributed by atoms with Crippen molar-refractivity contribution in [2.75, 3.05) is 0 Å². The van der Waals surface area contributed by atoms with E-state index >= 15 is 0 Å². The third-order valence-electron chi connectivity index (χ3n) is 3.98. The molecule has 0 aliphatic rings. The van der Waals surface area contributed by atoms with Gasteiger partial charge in [-0.15, -0.1) is 6.58 Å². The van der Waals surface area contributed by atoms with E-state index in [1.54, 1.807) is 16.8 Å². The summed E-state index contributed by atoms with van der Waals surface area (Å²) in [4.78, 5) is 25.1. The van der Waals surface area contributed by atoms with Crippen LogP contribution in [0.25, 0.3) is 21.9 Å². The fourth-order valence-corrected chi connectivity index (χ4v) is 3.74. The number of rotatable bonds is 5. The first-order valence-corrected chi connectivity index (χ1v) is 8.90. The smallest absolute Gasteiger partial charge is 0.278 e. The minimum Gasteiger partial charge on any atom is -0.349 e. The molecule has 5 nitrogen and oxygen atoms in total. The second kappa shape index (κ2) is 6.57. The van der Waals surface area contributed by atoms with Crippen molar-refractivity contribution in [3.63, 3.8) is 0 Å². The summed E-state index contributed by atoms with van der Waals surface area (Å²) in [5.74, 6) is 0.700. The lowest BCUT2D eigenvalue weighted by Gasteiger charge is -2.10. The van der Waals surface area contributed by atoms with Crippen LogP contribution in [0.3, 0.4) is 0 Å². The van der Waals surface area contributed by atoms with E-state index in [0.29, 0.717) is 23.0 Å². The minimum atomic E-state index is -0.0743. The molecule has 0 amide bonds. The molecule has 25 heavy (non-hydrogen) atoms. The van der Waals surface area contributed by atoms with Gasteiger partial charge in [-0.25, -0.2) is 4.98 Å². The summed E-state index contributed by atoms with van der Waals surface area (Å²) in [5, 5.41) is 1.65. The molecular formula is C19H16N4OS. The maximum Gasteiger partial charge on any atom is 0.278 e. The molecule has 0 aliphatic heterocycles. The Bertz CT molecular complexity index is 1110. The first kappa shape index (κ1) is 15.7. The van der Waals surface area contributed by atoms with E-state index in [9.17, 15) is 4.79 Å². The number of pyridine rings is 1. The van der Waals surface area contributed by atoms with Crippen molar-refractivity contribution in [3.8, 4) is 0 Å². The Balaban J connectivity index is 1.85. The van der Waals surface area contributed by atoms with Crippen LogP contribution in [-0.2, 0) is 12.3 Å². The van der Waals surface area contributed by atoms with E-state index < -0.39 is 0 Å². The van der Waals surface area contributed by atoms with Crippen LogP contribution in [0.2, 0.25) is 0 Å².